The molecule has 6 nitrogen and oxygen atoms in total. The van der Waals surface area contributed by atoms with E-state index in [0.29, 0.717) is 17.9 Å². The molecular weight excluding hydrogens is 254 g/mol. The van der Waals surface area contributed by atoms with Crippen LogP contribution in [0.15, 0.2) is 29.1 Å². The molecule has 0 bridgehead atoms. The van der Waals surface area contributed by atoms with Crippen LogP contribution in [0.5, 0.6) is 0 Å². The lowest BCUT2D eigenvalue weighted by Gasteiger charge is -2.18. The van der Waals surface area contributed by atoms with Crippen LogP contribution < -0.4 is 10.2 Å². The first-order valence-electron chi connectivity index (χ1n) is 6.65. The molecule has 1 fully saturated rings. The third-order valence-electron chi connectivity index (χ3n) is 3.35. The minimum atomic E-state index is 0.498. The average molecular weight is 269 g/mol. The van der Waals surface area contributed by atoms with Crippen molar-refractivity contribution < 1.29 is 4.42 Å². The number of nitrogens with zero attached hydrogens (tertiary/aromatic N) is 4. The van der Waals surface area contributed by atoms with Gasteiger partial charge in [0.15, 0.2) is 5.82 Å². The highest BCUT2D eigenvalue weighted by Crippen LogP contribution is 2.25. The molecule has 1 N–H and O–H groups in total. The number of nitrogens with one attached hydrogen (secondary N) is 1. The van der Waals surface area contributed by atoms with Gasteiger partial charge in [0.25, 0.3) is 0 Å². The molecule has 0 unspecified atom stereocenters. The first-order valence-corrected chi connectivity index (χ1v) is 6.65. The van der Waals surface area contributed by atoms with E-state index in [9.17, 15) is 5.26 Å². The third kappa shape index (κ3) is 2.43. The fourth-order valence-corrected chi connectivity index (χ4v) is 2.37. The summed E-state index contributed by atoms with van der Waals surface area (Å²) in [7, 11) is 0. The molecule has 102 valence electrons. The Morgan fingerprint density at radius 2 is 2.20 bits per heavy atom. The highest BCUT2D eigenvalue weighted by molar-refractivity contribution is 5.65. The Hall–Kier alpha value is -2.55. The maximum Gasteiger partial charge on any atom is 0.152 e. The zero-order chi connectivity index (χ0) is 13.8. The molecule has 0 spiro atoms. The fourth-order valence-electron chi connectivity index (χ4n) is 2.37. The molecule has 1 aliphatic rings. The van der Waals surface area contributed by atoms with Crippen LogP contribution in [0.3, 0.4) is 0 Å². The molecule has 3 heterocycles. The molecule has 0 aromatic carbocycles. The number of nitriles is 1. The number of hydrogen-bond donors (Lipinski definition) is 1. The summed E-state index contributed by atoms with van der Waals surface area (Å²) in [5.41, 5.74) is 0.501. The predicted molar refractivity (Wildman–Crippen MR) is 74.2 cm³/mol. The van der Waals surface area contributed by atoms with Crippen LogP contribution in [0.1, 0.15) is 24.2 Å². The van der Waals surface area contributed by atoms with Crippen LogP contribution in [0.2, 0.25) is 0 Å². The molecule has 2 aromatic heterocycles. The molecule has 1 saturated heterocycles. The maximum absolute atomic E-state index is 9.40. The van der Waals surface area contributed by atoms with Gasteiger partial charge in [-0.2, -0.15) is 5.26 Å². The molecule has 1 aliphatic heterocycles. The summed E-state index contributed by atoms with van der Waals surface area (Å²) in [5.74, 6) is 2.08. The van der Waals surface area contributed by atoms with Crippen molar-refractivity contribution in [3.63, 3.8) is 0 Å². The van der Waals surface area contributed by atoms with Gasteiger partial charge in [0.05, 0.1) is 12.8 Å². The second-order valence-electron chi connectivity index (χ2n) is 4.66. The molecular formula is C14H15N5O. The molecule has 2 aromatic rings. The second-order valence-corrected chi connectivity index (χ2v) is 4.66. The number of aromatic nitrogens is 2. The van der Waals surface area contributed by atoms with Gasteiger partial charge in [-0.3, -0.25) is 0 Å². The monoisotopic (exact) mass is 269 g/mol. The summed E-state index contributed by atoms with van der Waals surface area (Å²) in [6.45, 7) is 2.39. The minimum Gasteiger partial charge on any atom is -0.467 e. The highest BCUT2D eigenvalue weighted by atomic mass is 16.3. The predicted octanol–water partition coefficient (Wildman–Crippen LogP) is 2.15. The van der Waals surface area contributed by atoms with Crippen LogP contribution in [0.25, 0.3) is 0 Å². The van der Waals surface area contributed by atoms with E-state index in [0.717, 1.165) is 37.5 Å². The third-order valence-corrected chi connectivity index (χ3v) is 3.35. The van der Waals surface area contributed by atoms with E-state index in [1.807, 2.05) is 12.1 Å². The number of rotatable bonds is 4. The van der Waals surface area contributed by atoms with Gasteiger partial charge in [0.2, 0.25) is 0 Å². The highest BCUT2D eigenvalue weighted by Gasteiger charge is 2.20. The Morgan fingerprint density at radius 3 is 2.90 bits per heavy atom. The average Bonchev–Trinajstić information content (AvgIpc) is 3.17. The van der Waals surface area contributed by atoms with Crippen molar-refractivity contribution in [3.8, 4) is 6.07 Å². The van der Waals surface area contributed by atoms with Crippen LogP contribution in [0.4, 0.5) is 11.6 Å². The zero-order valence-corrected chi connectivity index (χ0v) is 11.0. The first kappa shape index (κ1) is 12.5. The Labute approximate surface area is 117 Å². The van der Waals surface area contributed by atoms with Gasteiger partial charge < -0.3 is 14.6 Å². The van der Waals surface area contributed by atoms with Gasteiger partial charge >= 0.3 is 0 Å². The summed E-state index contributed by atoms with van der Waals surface area (Å²) < 4.78 is 5.26. The van der Waals surface area contributed by atoms with E-state index in [1.165, 1.54) is 6.33 Å². The molecule has 6 heteroatoms. The molecule has 0 amide bonds. The van der Waals surface area contributed by atoms with Gasteiger partial charge in [-0.25, -0.2) is 9.97 Å². The van der Waals surface area contributed by atoms with Crippen LogP contribution in [-0.4, -0.2) is 23.1 Å². The molecule has 20 heavy (non-hydrogen) atoms. The van der Waals surface area contributed by atoms with Gasteiger partial charge in [-0.15, -0.1) is 0 Å². The normalized spacial score (nSPS) is 14.2. The first-order chi connectivity index (χ1) is 9.88. The van der Waals surface area contributed by atoms with E-state index >= 15 is 0 Å². The minimum absolute atomic E-state index is 0.498. The topological polar surface area (TPSA) is 78.0 Å². The summed E-state index contributed by atoms with van der Waals surface area (Å²) in [6.07, 6.45) is 5.41. The summed E-state index contributed by atoms with van der Waals surface area (Å²) in [6, 6.07) is 5.92. The Bertz CT molecular complexity index is 611. The van der Waals surface area contributed by atoms with E-state index in [4.69, 9.17) is 4.42 Å². The SMILES string of the molecule is N#Cc1c(NCc2ccco2)ncnc1N1CCCC1. The van der Waals surface area contributed by atoms with Crippen molar-refractivity contribution in [3.05, 3.63) is 36.0 Å². The molecule has 0 atom stereocenters. The Morgan fingerprint density at radius 1 is 1.35 bits per heavy atom. The molecule has 0 saturated carbocycles. The van der Waals surface area contributed by atoms with Gasteiger partial charge in [-0.1, -0.05) is 0 Å². The lowest BCUT2D eigenvalue weighted by atomic mass is 10.2. The fraction of sp³-hybridized carbons (Fsp3) is 0.357. The maximum atomic E-state index is 9.40. The van der Waals surface area contributed by atoms with Crippen LogP contribution >= 0.6 is 0 Å². The van der Waals surface area contributed by atoms with Crippen molar-refractivity contribution in [2.24, 2.45) is 0 Å². The van der Waals surface area contributed by atoms with Crippen molar-refractivity contribution in [1.29, 1.82) is 5.26 Å². The van der Waals surface area contributed by atoms with E-state index in [2.05, 4.69) is 26.3 Å². The van der Waals surface area contributed by atoms with Gasteiger partial charge in [0, 0.05) is 13.1 Å². The van der Waals surface area contributed by atoms with Crippen LogP contribution in [0, 0.1) is 11.3 Å². The number of hydrogen-bond acceptors (Lipinski definition) is 6. The number of anilines is 2. The summed E-state index contributed by atoms with van der Waals surface area (Å²) >= 11 is 0. The second kappa shape index (κ2) is 5.61. The van der Waals surface area contributed by atoms with Gasteiger partial charge in [-0.05, 0) is 25.0 Å². The number of furan rings is 1. The largest absolute Gasteiger partial charge is 0.467 e. The Balaban J connectivity index is 1.83. The summed E-state index contributed by atoms with van der Waals surface area (Å²) in [4.78, 5) is 10.6. The van der Waals surface area contributed by atoms with E-state index < -0.39 is 0 Å². The van der Waals surface area contributed by atoms with Crippen molar-refractivity contribution >= 4 is 11.6 Å². The lowest BCUT2D eigenvalue weighted by Crippen LogP contribution is -2.21. The van der Waals surface area contributed by atoms with Crippen LogP contribution in [-0.2, 0) is 6.54 Å². The molecule has 0 radical (unpaired) electrons. The van der Waals surface area contributed by atoms with Crippen molar-refractivity contribution in [2.75, 3.05) is 23.3 Å². The van der Waals surface area contributed by atoms with E-state index in [1.54, 1.807) is 6.26 Å². The van der Waals surface area contributed by atoms with Crippen molar-refractivity contribution in [2.45, 2.75) is 19.4 Å². The van der Waals surface area contributed by atoms with Gasteiger partial charge in [0.1, 0.15) is 29.5 Å². The van der Waals surface area contributed by atoms with Crippen molar-refractivity contribution in [1.82, 2.24) is 9.97 Å². The summed E-state index contributed by atoms with van der Waals surface area (Å²) in [5, 5.41) is 12.5. The smallest absolute Gasteiger partial charge is 0.152 e. The van der Waals surface area contributed by atoms with E-state index in [-0.39, 0.29) is 0 Å². The standard InChI is InChI=1S/C14H15N5O/c15-8-12-13(16-9-11-4-3-7-20-11)17-10-18-14(12)19-5-1-2-6-19/h3-4,7,10H,1-2,5-6,9H2,(H,16,17,18). The molecule has 3 rings (SSSR count). The zero-order valence-electron chi connectivity index (χ0n) is 11.0. The Kier molecular flexibility index (Phi) is 3.50. The lowest BCUT2D eigenvalue weighted by molar-refractivity contribution is 0.518. The quantitative estimate of drug-likeness (QED) is 0.916. The molecule has 0 aliphatic carbocycles.